The molecule has 0 saturated heterocycles. The molecule has 0 fully saturated rings. The highest BCUT2D eigenvalue weighted by Crippen LogP contribution is 2.43. The van der Waals surface area contributed by atoms with Crippen molar-refractivity contribution in [3.8, 4) is 27.9 Å². The SMILES string of the molecule is c1ccc(N(c2ccc(-c3ccc(N(c4ccccc4)c4ccc5c(c4)c4ccccc4n5-c4ccccc4)cc3)cc2)c2ccc3c(c2)-c2ccccc2C3)cc1. The Bertz CT molecular complexity index is 3060. The number of para-hydroxylation sites is 4. The Morgan fingerprint density at radius 3 is 1.43 bits per heavy atom. The minimum absolute atomic E-state index is 0.989. The Kier molecular flexibility index (Phi) is 8.22. The molecule has 1 aliphatic carbocycles. The number of rotatable bonds is 8. The molecule has 10 aromatic rings. The van der Waals surface area contributed by atoms with Crippen LogP contribution < -0.4 is 9.80 Å². The lowest BCUT2D eigenvalue weighted by Gasteiger charge is -2.26. The molecule has 3 heteroatoms. The molecule has 0 unspecified atom stereocenters. The zero-order chi connectivity index (χ0) is 38.4. The van der Waals surface area contributed by atoms with Gasteiger partial charge in [-0.1, -0.05) is 127 Å². The van der Waals surface area contributed by atoms with Crippen LogP contribution in [0.1, 0.15) is 11.1 Å². The van der Waals surface area contributed by atoms with Crippen molar-refractivity contribution in [3.63, 3.8) is 0 Å². The van der Waals surface area contributed by atoms with Gasteiger partial charge < -0.3 is 14.4 Å². The van der Waals surface area contributed by atoms with Crippen molar-refractivity contribution in [1.82, 2.24) is 4.57 Å². The predicted octanol–water partition coefficient (Wildman–Crippen LogP) is 15.0. The highest BCUT2D eigenvalue weighted by molar-refractivity contribution is 6.10. The van der Waals surface area contributed by atoms with Gasteiger partial charge in [0.15, 0.2) is 0 Å². The Balaban J connectivity index is 0.943. The lowest BCUT2D eigenvalue weighted by atomic mass is 10.0. The van der Waals surface area contributed by atoms with E-state index in [1.54, 1.807) is 0 Å². The van der Waals surface area contributed by atoms with Crippen molar-refractivity contribution in [3.05, 3.63) is 236 Å². The molecule has 0 bridgehead atoms. The summed E-state index contributed by atoms with van der Waals surface area (Å²) < 4.78 is 2.37. The third kappa shape index (κ3) is 5.84. The number of fused-ring (bicyclic) bond motifs is 6. The number of anilines is 6. The predicted molar refractivity (Wildman–Crippen MR) is 244 cm³/mol. The molecule has 1 aliphatic rings. The number of benzene rings is 9. The first-order valence-electron chi connectivity index (χ1n) is 20.0. The van der Waals surface area contributed by atoms with Gasteiger partial charge in [0.05, 0.1) is 11.0 Å². The first-order chi connectivity index (χ1) is 28.8. The smallest absolute Gasteiger partial charge is 0.0542 e. The summed E-state index contributed by atoms with van der Waals surface area (Å²) >= 11 is 0. The summed E-state index contributed by atoms with van der Waals surface area (Å²) in [7, 11) is 0. The molecule has 0 aliphatic heterocycles. The first kappa shape index (κ1) is 33.7. The highest BCUT2D eigenvalue weighted by Gasteiger charge is 2.22. The van der Waals surface area contributed by atoms with Crippen LogP contribution in [0.2, 0.25) is 0 Å². The van der Waals surface area contributed by atoms with E-state index in [0.29, 0.717) is 0 Å². The van der Waals surface area contributed by atoms with Gasteiger partial charge >= 0.3 is 0 Å². The van der Waals surface area contributed by atoms with Gasteiger partial charge in [0, 0.05) is 50.6 Å². The Hall–Kier alpha value is -7.62. The zero-order valence-electron chi connectivity index (χ0n) is 31.9. The molecule has 11 rings (SSSR count). The molecule has 0 N–H and O–H groups in total. The summed E-state index contributed by atoms with van der Waals surface area (Å²) in [5.41, 5.74) is 18.1. The standard InChI is InChI=1S/C55H39N3/c1-4-15-43(16-5-1)56(48-33-28-42-36-41-14-10-11-21-50(41)52(42)37-48)46-29-24-39(25-30-46)40-26-31-47(32-27-40)57(44-17-6-2-7-18-44)49-34-35-55-53(38-49)51-22-12-13-23-54(51)58(55)45-19-8-3-9-20-45/h1-35,37-38H,36H2. The van der Waals surface area contributed by atoms with Crippen LogP contribution in [0, 0.1) is 0 Å². The third-order valence-corrected chi connectivity index (χ3v) is 11.6. The second-order valence-corrected chi connectivity index (χ2v) is 15.0. The minimum Gasteiger partial charge on any atom is -0.310 e. The minimum atomic E-state index is 0.989. The first-order valence-corrected chi connectivity index (χ1v) is 20.0. The maximum atomic E-state index is 2.37. The topological polar surface area (TPSA) is 11.4 Å². The molecule has 58 heavy (non-hydrogen) atoms. The van der Waals surface area contributed by atoms with Crippen molar-refractivity contribution < 1.29 is 0 Å². The average molecular weight is 742 g/mol. The normalized spacial score (nSPS) is 11.7. The Labute approximate surface area is 338 Å². The Morgan fingerprint density at radius 1 is 0.310 bits per heavy atom. The molecule has 0 atom stereocenters. The maximum absolute atomic E-state index is 2.37. The monoisotopic (exact) mass is 741 g/mol. The third-order valence-electron chi connectivity index (χ3n) is 11.6. The van der Waals surface area contributed by atoms with E-state index in [-0.39, 0.29) is 0 Å². The van der Waals surface area contributed by atoms with E-state index in [4.69, 9.17) is 0 Å². The number of nitrogens with zero attached hydrogens (tertiary/aromatic N) is 3. The molecule has 1 aromatic heterocycles. The molecular formula is C55H39N3. The number of hydrogen-bond donors (Lipinski definition) is 0. The summed E-state index contributed by atoms with van der Waals surface area (Å²) in [5, 5.41) is 2.46. The van der Waals surface area contributed by atoms with Gasteiger partial charge in [-0.05, 0) is 137 Å². The summed E-state index contributed by atoms with van der Waals surface area (Å²) in [6.07, 6.45) is 0.989. The van der Waals surface area contributed by atoms with Crippen molar-refractivity contribution in [1.29, 1.82) is 0 Å². The van der Waals surface area contributed by atoms with E-state index in [1.165, 1.54) is 55.2 Å². The molecule has 0 radical (unpaired) electrons. The van der Waals surface area contributed by atoms with Crippen LogP contribution in [0.15, 0.2) is 224 Å². The highest BCUT2D eigenvalue weighted by atomic mass is 15.1. The van der Waals surface area contributed by atoms with Gasteiger partial charge in [-0.3, -0.25) is 0 Å². The fraction of sp³-hybridized carbons (Fsp3) is 0.0182. The zero-order valence-corrected chi connectivity index (χ0v) is 31.9. The molecule has 1 heterocycles. The molecule has 0 saturated carbocycles. The molecular weight excluding hydrogens is 703 g/mol. The van der Waals surface area contributed by atoms with Gasteiger partial charge in [0.2, 0.25) is 0 Å². The molecule has 0 spiro atoms. The summed E-state index contributed by atoms with van der Waals surface area (Å²) in [6, 6.07) is 81.2. The molecule has 274 valence electrons. The van der Waals surface area contributed by atoms with E-state index in [9.17, 15) is 0 Å². The largest absolute Gasteiger partial charge is 0.310 e. The number of hydrogen-bond acceptors (Lipinski definition) is 2. The van der Waals surface area contributed by atoms with E-state index < -0.39 is 0 Å². The molecule has 3 nitrogen and oxygen atoms in total. The maximum Gasteiger partial charge on any atom is 0.0542 e. The van der Waals surface area contributed by atoms with E-state index in [1.807, 2.05) is 0 Å². The van der Waals surface area contributed by atoms with Gasteiger partial charge in [-0.15, -0.1) is 0 Å². The molecule has 0 amide bonds. The van der Waals surface area contributed by atoms with Crippen LogP contribution in [0.5, 0.6) is 0 Å². The van der Waals surface area contributed by atoms with Gasteiger partial charge in [0.1, 0.15) is 0 Å². The molecule has 9 aromatic carbocycles. The van der Waals surface area contributed by atoms with Crippen molar-refractivity contribution in [2.75, 3.05) is 9.80 Å². The quantitative estimate of drug-likeness (QED) is 0.154. The average Bonchev–Trinajstić information content (AvgIpc) is 3.83. The summed E-state index contributed by atoms with van der Waals surface area (Å²) in [5.74, 6) is 0. The van der Waals surface area contributed by atoms with Crippen molar-refractivity contribution in [2.45, 2.75) is 6.42 Å². The second kappa shape index (κ2) is 14.1. The fourth-order valence-electron chi connectivity index (χ4n) is 8.86. The summed E-state index contributed by atoms with van der Waals surface area (Å²) in [4.78, 5) is 4.72. The fourth-order valence-corrected chi connectivity index (χ4v) is 8.86. The van der Waals surface area contributed by atoms with Crippen molar-refractivity contribution in [2.24, 2.45) is 0 Å². The lowest BCUT2D eigenvalue weighted by molar-refractivity contribution is 1.18. The van der Waals surface area contributed by atoms with Crippen LogP contribution in [0.3, 0.4) is 0 Å². The number of aromatic nitrogens is 1. The van der Waals surface area contributed by atoms with Gasteiger partial charge in [0.25, 0.3) is 0 Å². The Morgan fingerprint density at radius 2 is 0.776 bits per heavy atom. The van der Waals surface area contributed by atoms with E-state index >= 15 is 0 Å². The van der Waals surface area contributed by atoms with E-state index in [0.717, 1.165) is 46.2 Å². The van der Waals surface area contributed by atoms with Crippen LogP contribution in [-0.2, 0) is 6.42 Å². The summed E-state index contributed by atoms with van der Waals surface area (Å²) in [6.45, 7) is 0. The van der Waals surface area contributed by atoms with E-state index in [2.05, 4.69) is 239 Å². The van der Waals surface area contributed by atoms with Crippen LogP contribution in [0.25, 0.3) is 49.7 Å². The van der Waals surface area contributed by atoms with Crippen LogP contribution >= 0.6 is 0 Å². The van der Waals surface area contributed by atoms with Crippen LogP contribution in [-0.4, -0.2) is 4.57 Å². The van der Waals surface area contributed by atoms with Crippen LogP contribution in [0.4, 0.5) is 34.1 Å². The van der Waals surface area contributed by atoms with Crippen molar-refractivity contribution >= 4 is 55.9 Å². The second-order valence-electron chi connectivity index (χ2n) is 15.0. The van der Waals surface area contributed by atoms with Gasteiger partial charge in [-0.2, -0.15) is 0 Å². The lowest BCUT2D eigenvalue weighted by Crippen LogP contribution is -2.10. The van der Waals surface area contributed by atoms with Gasteiger partial charge in [-0.25, -0.2) is 0 Å².